The number of morpholine rings is 1. The molecule has 2 aromatic heterocycles. The maximum atomic E-state index is 5.82. The summed E-state index contributed by atoms with van der Waals surface area (Å²) in [6.07, 6.45) is -0.000976. The van der Waals surface area contributed by atoms with Crippen molar-refractivity contribution in [2.45, 2.75) is 20.0 Å². The van der Waals surface area contributed by atoms with Crippen LogP contribution in [0.15, 0.2) is 11.4 Å². The van der Waals surface area contributed by atoms with Crippen molar-refractivity contribution in [3.8, 4) is 0 Å². The Morgan fingerprint density at radius 3 is 2.85 bits per heavy atom. The van der Waals surface area contributed by atoms with E-state index in [1.54, 1.807) is 11.3 Å². The van der Waals surface area contributed by atoms with Crippen molar-refractivity contribution in [3.63, 3.8) is 0 Å². The molecule has 0 spiro atoms. The molecule has 106 valence electrons. The zero-order valence-electron chi connectivity index (χ0n) is 11.5. The number of hydrogen-bond acceptors (Lipinski definition) is 7. The van der Waals surface area contributed by atoms with Crippen LogP contribution in [0.4, 0.5) is 11.8 Å². The van der Waals surface area contributed by atoms with Gasteiger partial charge in [-0.05, 0) is 13.8 Å². The van der Waals surface area contributed by atoms with Crippen LogP contribution in [-0.2, 0) is 4.74 Å². The summed E-state index contributed by atoms with van der Waals surface area (Å²) >= 11 is 1.64. The number of ether oxygens (including phenoxy) is 1. The van der Waals surface area contributed by atoms with Crippen LogP contribution in [0.1, 0.15) is 22.5 Å². The van der Waals surface area contributed by atoms with E-state index in [2.05, 4.69) is 19.9 Å². The maximum Gasteiger partial charge on any atom is 0.222 e. The number of thiazole rings is 1. The van der Waals surface area contributed by atoms with Crippen molar-refractivity contribution in [3.05, 3.63) is 27.8 Å². The van der Waals surface area contributed by atoms with Crippen molar-refractivity contribution >= 4 is 23.1 Å². The first-order valence-electron chi connectivity index (χ1n) is 6.51. The van der Waals surface area contributed by atoms with Crippen molar-refractivity contribution < 1.29 is 4.74 Å². The van der Waals surface area contributed by atoms with Gasteiger partial charge in [0, 0.05) is 29.4 Å². The second-order valence-electron chi connectivity index (χ2n) is 4.86. The molecule has 1 aliphatic rings. The summed E-state index contributed by atoms with van der Waals surface area (Å²) < 4.78 is 5.82. The fraction of sp³-hybridized carbons (Fsp3) is 0.462. The van der Waals surface area contributed by atoms with Crippen molar-refractivity contribution in [1.82, 2.24) is 15.0 Å². The quantitative estimate of drug-likeness (QED) is 0.907. The Hall–Kier alpha value is -1.73. The van der Waals surface area contributed by atoms with Crippen LogP contribution in [0.25, 0.3) is 0 Å². The number of aryl methyl sites for hydroxylation is 2. The zero-order valence-corrected chi connectivity index (χ0v) is 12.4. The van der Waals surface area contributed by atoms with Gasteiger partial charge in [0.05, 0.1) is 13.2 Å². The summed E-state index contributed by atoms with van der Waals surface area (Å²) in [5.41, 5.74) is 7.64. The van der Waals surface area contributed by atoms with Crippen LogP contribution in [0, 0.1) is 13.8 Å². The third-order valence-corrected chi connectivity index (χ3v) is 4.22. The van der Waals surface area contributed by atoms with E-state index in [0.29, 0.717) is 12.6 Å². The van der Waals surface area contributed by atoms with Gasteiger partial charge < -0.3 is 15.4 Å². The number of rotatable bonds is 2. The highest BCUT2D eigenvalue weighted by molar-refractivity contribution is 7.09. The van der Waals surface area contributed by atoms with Gasteiger partial charge in [0.2, 0.25) is 5.95 Å². The minimum Gasteiger partial charge on any atom is -0.368 e. The number of nitrogens with two attached hydrogens (primary N) is 1. The Morgan fingerprint density at radius 1 is 1.30 bits per heavy atom. The molecule has 3 rings (SSSR count). The number of anilines is 2. The van der Waals surface area contributed by atoms with E-state index in [1.807, 2.05) is 25.3 Å². The van der Waals surface area contributed by atoms with E-state index >= 15 is 0 Å². The molecule has 0 aromatic carbocycles. The fourth-order valence-corrected chi connectivity index (χ4v) is 3.10. The SMILES string of the molecule is Cc1cc(N2CCO[C@@H](c3nc(C)cs3)C2)nc(N)n1. The molecule has 0 saturated carbocycles. The van der Waals surface area contributed by atoms with Gasteiger partial charge in [-0.3, -0.25) is 0 Å². The Labute approximate surface area is 121 Å². The van der Waals surface area contributed by atoms with Crippen molar-refractivity contribution in [2.24, 2.45) is 0 Å². The smallest absolute Gasteiger partial charge is 0.222 e. The molecule has 1 atom stereocenters. The van der Waals surface area contributed by atoms with E-state index in [9.17, 15) is 0 Å². The highest BCUT2D eigenvalue weighted by atomic mass is 32.1. The van der Waals surface area contributed by atoms with Gasteiger partial charge in [0.25, 0.3) is 0 Å². The number of nitrogens with zero attached hydrogens (tertiary/aromatic N) is 4. The molecule has 0 bridgehead atoms. The molecule has 1 aliphatic heterocycles. The summed E-state index contributed by atoms with van der Waals surface area (Å²) in [4.78, 5) is 15.1. The fourth-order valence-electron chi connectivity index (χ4n) is 2.26. The van der Waals surface area contributed by atoms with E-state index in [-0.39, 0.29) is 6.10 Å². The minimum absolute atomic E-state index is 0.000976. The normalized spacial score (nSPS) is 19.3. The summed E-state index contributed by atoms with van der Waals surface area (Å²) in [5, 5.41) is 3.07. The van der Waals surface area contributed by atoms with Crippen LogP contribution in [0.3, 0.4) is 0 Å². The standard InChI is InChI=1S/C13H17N5OS/c1-8-5-11(17-13(14)16-8)18-3-4-19-10(6-18)12-15-9(2)7-20-12/h5,7,10H,3-4,6H2,1-2H3,(H2,14,16,17)/t10-/m1/s1. The third kappa shape index (κ3) is 2.73. The largest absolute Gasteiger partial charge is 0.368 e. The molecule has 2 N–H and O–H groups in total. The number of hydrogen-bond donors (Lipinski definition) is 1. The topological polar surface area (TPSA) is 77.2 Å². The van der Waals surface area contributed by atoms with Gasteiger partial charge in [-0.1, -0.05) is 0 Å². The van der Waals surface area contributed by atoms with Crippen LogP contribution in [-0.4, -0.2) is 34.6 Å². The van der Waals surface area contributed by atoms with Crippen molar-refractivity contribution in [2.75, 3.05) is 30.3 Å². The molecule has 0 aliphatic carbocycles. The summed E-state index contributed by atoms with van der Waals surface area (Å²) in [7, 11) is 0. The average molecular weight is 291 g/mol. The second kappa shape index (κ2) is 5.34. The number of nitrogen functional groups attached to an aromatic ring is 1. The van der Waals surface area contributed by atoms with Crippen LogP contribution < -0.4 is 10.6 Å². The molecule has 0 amide bonds. The van der Waals surface area contributed by atoms with E-state index in [1.165, 1.54) is 0 Å². The van der Waals surface area contributed by atoms with E-state index < -0.39 is 0 Å². The van der Waals surface area contributed by atoms with Gasteiger partial charge in [0.1, 0.15) is 16.9 Å². The summed E-state index contributed by atoms with van der Waals surface area (Å²) in [5.74, 6) is 1.17. The first-order chi connectivity index (χ1) is 9.61. The molecule has 0 unspecified atom stereocenters. The lowest BCUT2D eigenvalue weighted by molar-refractivity contribution is 0.0393. The maximum absolute atomic E-state index is 5.82. The Morgan fingerprint density at radius 2 is 2.15 bits per heavy atom. The first-order valence-corrected chi connectivity index (χ1v) is 7.39. The predicted molar refractivity (Wildman–Crippen MR) is 78.9 cm³/mol. The zero-order chi connectivity index (χ0) is 14.1. The predicted octanol–water partition coefficient (Wildman–Crippen LogP) is 1.71. The lowest BCUT2D eigenvalue weighted by Gasteiger charge is -2.32. The second-order valence-corrected chi connectivity index (χ2v) is 5.75. The number of aromatic nitrogens is 3. The average Bonchev–Trinajstić information content (AvgIpc) is 2.85. The molecule has 6 nitrogen and oxygen atoms in total. The Bertz CT molecular complexity index is 594. The van der Waals surface area contributed by atoms with Gasteiger partial charge in [-0.15, -0.1) is 11.3 Å². The van der Waals surface area contributed by atoms with Crippen LogP contribution in [0.5, 0.6) is 0 Å². The first kappa shape index (κ1) is 13.3. The lowest BCUT2D eigenvalue weighted by atomic mass is 10.2. The van der Waals surface area contributed by atoms with Gasteiger partial charge in [-0.25, -0.2) is 9.97 Å². The Balaban J connectivity index is 1.81. The van der Waals surface area contributed by atoms with Gasteiger partial charge >= 0.3 is 0 Å². The minimum atomic E-state index is -0.000976. The molecule has 7 heteroatoms. The monoisotopic (exact) mass is 291 g/mol. The van der Waals surface area contributed by atoms with E-state index in [0.717, 1.165) is 35.3 Å². The third-order valence-electron chi connectivity index (χ3n) is 3.16. The van der Waals surface area contributed by atoms with Gasteiger partial charge in [-0.2, -0.15) is 4.98 Å². The molecular formula is C13H17N5OS. The molecule has 0 radical (unpaired) electrons. The van der Waals surface area contributed by atoms with E-state index in [4.69, 9.17) is 10.5 Å². The highest BCUT2D eigenvalue weighted by Crippen LogP contribution is 2.27. The lowest BCUT2D eigenvalue weighted by Crippen LogP contribution is -2.39. The molecule has 3 heterocycles. The van der Waals surface area contributed by atoms with Crippen LogP contribution >= 0.6 is 11.3 Å². The Kier molecular flexibility index (Phi) is 3.54. The molecule has 1 saturated heterocycles. The summed E-state index contributed by atoms with van der Waals surface area (Å²) in [6.45, 7) is 6.12. The van der Waals surface area contributed by atoms with Gasteiger partial charge in [0.15, 0.2) is 0 Å². The molecular weight excluding hydrogens is 274 g/mol. The molecule has 2 aromatic rings. The molecule has 20 heavy (non-hydrogen) atoms. The van der Waals surface area contributed by atoms with Crippen LogP contribution in [0.2, 0.25) is 0 Å². The summed E-state index contributed by atoms with van der Waals surface area (Å²) in [6, 6.07) is 1.95. The molecule has 1 fully saturated rings. The highest BCUT2D eigenvalue weighted by Gasteiger charge is 2.25. The van der Waals surface area contributed by atoms with Crippen molar-refractivity contribution in [1.29, 1.82) is 0 Å².